The number of amides is 1. The summed E-state index contributed by atoms with van der Waals surface area (Å²) in [5.41, 5.74) is 5.87. The highest BCUT2D eigenvalue weighted by Gasteiger charge is 2.44. The molecule has 1 aliphatic carbocycles. The van der Waals surface area contributed by atoms with Crippen LogP contribution in [0.25, 0.3) is 11.1 Å². The largest absolute Gasteiger partial charge is 0.479 e. The van der Waals surface area contributed by atoms with Crippen LogP contribution in [0, 0.1) is 30.5 Å². The van der Waals surface area contributed by atoms with Crippen molar-refractivity contribution in [1.82, 2.24) is 10.3 Å². The van der Waals surface area contributed by atoms with E-state index < -0.39 is 23.1 Å². The van der Waals surface area contributed by atoms with E-state index in [2.05, 4.69) is 24.1 Å². The second-order valence-corrected chi connectivity index (χ2v) is 15.3. The lowest BCUT2D eigenvalue weighted by Crippen LogP contribution is -2.46. The number of nitrogens with one attached hydrogen (secondary N) is 1. The van der Waals surface area contributed by atoms with E-state index in [1.165, 1.54) is 12.1 Å². The summed E-state index contributed by atoms with van der Waals surface area (Å²) >= 11 is 0. The first-order valence-corrected chi connectivity index (χ1v) is 16.9. The minimum Gasteiger partial charge on any atom is -0.479 e. The van der Waals surface area contributed by atoms with Crippen LogP contribution < -0.4 is 10.2 Å². The number of ether oxygens (including phenoxy) is 1. The van der Waals surface area contributed by atoms with Crippen LogP contribution in [0.1, 0.15) is 101 Å². The summed E-state index contributed by atoms with van der Waals surface area (Å²) in [7, 11) is 0. The van der Waals surface area contributed by atoms with E-state index in [0.29, 0.717) is 24.2 Å². The van der Waals surface area contributed by atoms with E-state index in [-0.39, 0.29) is 17.1 Å². The zero-order chi connectivity index (χ0) is 34.1. The molecule has 47 heavy (non-hydrogen) atoms. The van der Waals surface area contributed by atoms with Crippen molar-refractivity contribution in [2.24, 2.45) is 10.8 Å². The molecule has 2 aliphatic rings. The molecule has 5 rings (SSSR count). The molecular formula is C39H50FN3O4. The van der Waals surface area contributed by atoms with Crippen molar-refractivity contribution in [2.75, 3.05) is 18.0 Å². The van der Waals surface area contributed by atoms with Crippen molar-refractivity contribution < 1.29 is 23.8 Å². The Balaban J connectivity index is 1.44. The lowest BCUT2D eigenvalue weighted by Gasteiger charge is -2.41. The maximum absolute atomic E-state index is 13.4. The fourth-order valence-electron chi connectivity index (χ4n) is 6.99. The number of anilines is 1. The predicted molar refractivity (Wildman–Crippen MR) is 184 cm³/mol. The molecule has 7 nitrogen and oxygen atoms in total. The van der Waals surface area contributed by atoms with E-state index in [1.54, 1.807) is 12.1 Å². The van der Waals surface area contributed by atoms with Crippen LogP contribution in [0.4, 0.5) is 10.1 Å². The molecule has 2 aromatic carbocycles. The first-order valence-electron chi connectivity index (χ1n) is 16.9. The maximum Gasteiger partial charge on any atom is 0.337 e. The standard InChI is InChI=1S/C39H50FN3O4/c1-25-31(33(43-21-19-38(6,7)20-22-43)32(26(2)42-25)34(35(44)45)47-37(3,4)5)29-13-9-28(10-14-29)24-41-36(46)39(17-8-18-39)23-27-11-15-30(40)16-12-27/h9-16,34H,8,17-24H2,1-7H3,(H,41,46)(H,44,45)/t34-/m0/s1. The van der Waals surface area contributed by atoms with Crippen LogP contribution in [0.15, 0.2) is 48.5 Å². The summed E-state index contributed by atoms with van der Waals surface area (Å²) in [5, 5.41) is 13.6. The van der Waals surface area contributed by atoms with Gasteiger partial charge in [0.05, 0.1) is 16.7 Å². The number of halogens is 1. The molecule has 1 atom stereocenters. The highest BCUT2D eigenvalue weighted by atomic mass is 19.1. The lowest BCUT2D eigenvalue weighted by molar-refractivity contribution is -0.160. The topological polar surface area (TPSA) is 91.8 Å². The van der Waals surface area contributed by atoms with Crippen LogP contribution >= 0.6 is 0 Å². The SMILES string of the molecule is Cc1nc(C)c([C@H](OC(C)(C)C)C(=O)O)c(N2CCC(C)(C)CC2)c1-c1ccc(CNC(=O)C2(Cc3ccc(F)cc3)CCC2)cc1. The number of aryl methyl sites for hydroxylation is 2. The van der Waals surface area contributed by atoms with Gasteiger partial charge in [0, 0.05) is 42.1 Å². The van der Waals surface area contributed by atoms with Gasteiger partial charge in [0.25, 0.3) is 0 Å². The fourth-order valence-corrected chi connectivity index (χ4v) is 6.99. The quantitative estimate of drug-likeness (QED) is 0.232. The molecule has 1 aromatic heterocycles. The first-order chi connectivity index (χ1) is 22.1. The van der Waals surface area contributed by atoms with E-state index >= 15 is 0 Å². The van der Waals surface area contributed by atoms with E-state index in [4.69, 9.17) is 9.72 Å². The van der Waals surface area contributed by atoms with Gasteiger partial charge < -0.3 is 20.1 Å². The van der Waals surface area contributed by atoms with Gasteiger partial charge in [-0.05, 0) is 101 Å². The monoisotopic (exact) mass is 643 g/mol. The Kier molecular flexibility index (Phi) is 9.84. The van der Waals surface area contributed by atoms with Gasteiger partial charge in [0.1, 0.15) is 5.82 Å². The maximum atomic E-state index is 13.4. The smallest absolute Gasteiger partial charge is 0.337 e. The summed E-state index contributed by atoms with van der Waals surface area (Å²) in [4.78, 5) is 33.4. The Morgan fingerprint density at radius 1 is 0.957 bits per heavy atom. The van der Waals surface area contributed by atoms with Gasteiger partial charge in [-0.2, -0.15) is 0 Å². The molecule has 1 aliphatic heterocycles. The number of carboxylic acids is 1. The molecule has 3 aromatic rings. The zero-order valence-electron chi connectivity index (χ0n) is 29.0. The van der Waals surface area contributed by atoms with E-state index in [9.17, 15) is 19.1 Å². The zero-order valence-corrected chi connectivity index (χ0v) is 29.0. The molecule has 0 spiro atoms. The van der Waals surface area contributed by atoms with Crippen molar-refractivity contribution >= 4 is 17.6 Å². The number of rotatable bonds is 10. The Bertz CT molecular complexity index is 1600. The van der Waals surface area contributed by atoms with Crippen LogP contribution in [0.5, 0.6) is 0 Å². The summed E-state index contributed by atoms with van der Waals surface area (Å²) in [6.45, 7) is 16.1. The van der Waals surface area contributed by atoms with E-state index in [0.717, 1.165) is 78.8 Å². The van der Waals surface area contributed by atoms with Gasteiger partial charge in [0.15, 0.2) is 6.10 Å². The Hall–Kier alpha value is -3.78. The third-order valence-electron chi connectivity index (χ3n) is 9.91. The van der Waals surface area contributed by atoms with Crippen LogP contribution in [0.3, 0.4) is 0 Å². The Labute approximate surface area is 278 Å². The van der Waals surface area contributed by atoms with Gasteiger partial charge in [-0.3, -0.25) is 9.78 Å². The summed E-state index contributed by atoms with van der Waals surface area (Å²) in [6, 6.07) is 14.6. The molecule has 0 bridgehead atoms. The molecule has 1 amide bonds. The second kappa shape index (κ2) is 13.4. The fraction of sp³-hybridized carbons (Fsp3) is 0.513. The third-order valence-corrected chi connectivity index (χ3v) is 9.91. The summed E-state index contributed by atoms with van der Waals surface area (Å²) in [6.07, 6.45) is 4.07. The van der Waals surface area contributed by atoms with Crippen molar-refractivity contribution in [3.05, 3.63) is 82.4 Å². The van der Waals surface area contributed by atoms with Crippen molar-refractivity contribution in [3.63, 3.8) is 0 Å². The third kappa shape index (κ3) is 7.86. The van der Waals surface area contributed by atoms with Crippen molar-refractivity contribution in [2.45, 2.75) is 105 Å². The van der Waals surface area contributed by atoms with Gasteiger partial charge >= 0.3 is 5.97 Å². The molecule has 2 fully saturated rings. The highest BCUT2D eigenvalue weighted by Crippen LogP contribution is 2.46. The van der Waals surface area contributed by atoms with Gasteiger partial charge in [-0.25, -0.2) is 9.18 Å². The lowest BCUT2D eigenvalue weighted by atomic mass is 9.64. The van der Waals surface area contributed by atoms with Crippen LogP contribution in [-0.2, 0) is 27.3 Å². The van der Waals surface area contributed by atoms with Crippen LogP contribution in [-0.4, -0.2) is 40.7 Å². The minimum absolute atomic E-state index is 0.0363. The number of hydrogen-bond donors (Lipinski definition) is 2. The summed E-state index contributed by atoms with van der Waals surface area (Å²) in [5.74, 6) is -1.27. The number of hydrogen-bond acceptors (Lipinski definition) is 5. The molecule has 2 heterocycles. The number of benzene rings is 2. The van der Waals surface area contributed by atoms with Gasteiger partial charge in [-0.15, -0.1) is 0 Å². The number of aliphatic carboxylic acids is 1. The highest BCUT2D eigenvalue weighted by molar-refractivity contribution is 5.88. The van der Waals surface area contributed by atoms with Crippen LogP contribution in [0.2, 0.25) is 0 Å². The number of carbonyl (C=O) groups excluding carboxylic acids is 1. The molecule has 1 saturated heterocycles. The predicted octanol–water partition coefficient (Wildman–Crippen LogP) is 8.10. The first kappa shape index (κ1) is 34.6. The molecular weight excluding hydrogens is 593 g/mol. The molecule has 1 saturated carbocycles. The number of carbonyl (C=O) groups is 2. The number of piperidine rings is 1. The molecule has 252 valence electrons. The number of nitrogens with zero attached hydrogens (tertiary/aromatic N) is 2. The molecule has 0 unspecified atom stereocenters. The number of pyridine rings is 1. The van der Waals surface area contributed by atoms with E-state index in [1.807, 2.05) is 58.9 Å². The van der Waals surface area contributed by atoms with Crippen molar-refractivity contribution in [3.8, 4) is 11.1 Å². The number of carboxylic acid groups (broad SMARTS) is 1. The minimum atomic E-state index is -1.17. The van der Waals surface area contributed by atoms with Gasteiger partial charge in [0.2, 0.25) is 5.91 Å². The summed E-state index contributed by atoms with van der Waals surface area (Å²) < 4.78 is 19.6. The average Bonchev–Trinajstić information content (AvgIpc) is 2.97. The number of aromatic nitrogens is 1. The average molecular weight is 644 g/mol. The van der Waals surface area contributed by atoms with Crippen molar-refractivity contribution in [1.29, 1.82) is 0 Å². The molecule has 8 heteroatoms. The van der Waals surface area contributed by atoms with Gasteiger partial charge in [-0.1, -0.05) is 56.7 Å². The molecule has 2 N–H and O–H groups in total. The normalized spacial score (nSPS) is 17.9. The Morgan fingerprint density at radius 3 is 2.09 bits per heavy atom. The Morgan fingerprint density at radius 2 is 1.55 bits per heavy atom. The molecule has 0 radical (unpaired) electrons. The second-order valence-electron chi connectivity index (χ2n) is 15.3.